The first-order valence-electron chi connectivity index (χ1n) is 9.53. The van der Waals surface area contributed by atoms with Crippen LogP contribution in [0, 0.1) is 6.92 Å². The van der Waals surface area contributed by atoms with Crippen molar-refractivity contribution in [3.8, 4) is 11.5 Å². The summed E-state index contributed by atoms with van der Waals surface area (Å²) in [6.07, 6.45) is 0.649. The lowest BCUT2D eigenvalue weighted by Crippen LogP contribution is -2.54. The van der Waals surface area contributed by atoms with Crippen LogP contribution < -0.4 is 9.47 Å². The summed E-state index contributed by atoms with van der Waals surface area (Å²) in [5.41, 5.74) is 3.83. The molecule has 1 amide bonds. The van der Waals surface area contributed by atoms with Gasteiger partial charge in [-0.3, -0.25) is 9.69 Å². The number of hydrogen-bond donors (Lipinski definition) is 1. The third kappa shape index (κ3) is 3.57. The highest BCUT2D eigenvalue weighted by atomic mass is 16.5. The van der Waals surface area contributed by atoms with E-state index in [4.69, 9.17) is 14.2 Å². The maximum absolute atomic E-state index is 13.1. The standard InChI is InChI=1S/C22H25NO5/c1-14-9-21-18(11-16(14)10-15-3-5-17(26-2)6-4-15)22(25)23(13-28-21)19-12-27-8-7-20(19)24/h3-6,9,11,19-20,24H,7-8,10,12-13H2,1-2H3/t19-,20-/m1/s1. The van der Waals surface area contributed by atoms with E-state index in [0.717, 1.165) is 22.4 Å². The zero-order chi connectivity index (χ0) is 19.7. The van der Waals surface area contributed by atoms with E-state index in [2.05, 4.69) is 0 Å². The van der Waals surface area contributed by atoms with Gasteiger partial charge in [-0.25, -0.2) is 0 Å². The van der Waals surface area contributed by atoms with Crippen LogP contribution in [-0.4, -0.2) is 55.1 Å². The highest BCUT2D eigenvalue weighted by molar-refractivity contribution is 5.98. The van der Waals surface area contributed by atoms with Crippen LogP contribution in [0.4, 0.5) is 0 Å². The van der Waals surface area contributed by atoms with Gasteiger partial charge >= 0.3 is 0 Å². The molecule has 6 nitrogen and oxygen atoms in total. The first-order valence-corrected chi connectivity index (χ1v) is 9.53. The van der Waals surface area contributed by atoms with Crippen molar-refractivity contribution < 1.29 is 24.1 Å². The first kappa shape index (κ1) is 18.8. The molecule has 2 aromatic rings. The lowest BCUT2D eigenvalue weighted by Gasteiger charge is -2.39. The van der Waals surface area contributed by atoms with E-state index >= 15 is 0 Å². The number of aryl methyl sites for hydroxylation is 1. The molecular weight excluding hydrogens is 358 g/mol. The number of ether oxygens (including phenoxy) is 3. The molecule has 0 spiro atoms. The Morgan fingerprint density at radius 3 is 2.75 bits per heavy atom. The second-order valence-electron chi connectivity index (χ2n) is 7.35. The summed E-state index contributed by atoms with van der Waals surface area (Å²) >= 11 is 0. The average Bonchev–Trinajstić information content (AvgIpc) is 2.71. The number of aliphatic hydroxyl groups excluding tert-OH is 1. The van der Waals surface area contributed by atoms with Gasteiger partial charge in [0.05, 0.1) is 31.4 Å². The quantitative estimate of drug-likeness (QED) is 0.879. The molecule has 1 fully saturated rings. The zero-order valence-corrected chi connectivity index (χ0v) is 16.2. The normalized spacial score (nSPS) is 21.8. The minimum absolute atomic E-state index is 0.119. The van der Waals surface area contributed by atoms with Crippen molar-refractivity contribution in [2.75, 3.05) is 27.1 Å². The minimum Gasteiger partial charge on any atom is -0.497 e. The van der Waals surface area contributed by atoms with Crippen molar-refractivity contribution in [1.29, 1.82) is 0 Å². The summed E-state index contributed by atoms with van der Waals surface area (Å²) in [5, 5.41) is 10.3. The molecule has 2 aromatic carbocycles. The van der Waals surface area contributed by atoms with Gasteiger partial charge in [0.2, 0.25) is 0 Å². The SMILES string of the molecule is COc1ccc(Cc2cc3c(cc2C)OCN([C@@H]2COCC[C@H]2O)C3=O)cc1. The first-order chi connectivity index (χ1) is 13.6. The van der Waals surface area contributed by atoms with Gasteiger partial charge in [-0.05, 0) is 60.7 Å². The van der Waals surface area contributed by atoms with Gasteiger partial charge in [-0.1, -0.05) is 12.1 Å². The fraction of sp³-hybridized carbons (Fsp3) is 0.409. The maximum Gasteiger partial charge on any atom is 0.260 e. The highest BCUT2D eigenvalue weighted by Gasteiger charge is 2.37. The van der Waals surface area contributed by atoms with Crippen LogP contribution >= 0.6 is 0 Å². The number of aliphatic hydroxyl groups is 1. The average molecular weight is 383 g/mol. The number of carbonyl (C=O) groups excluding carboxylic acids is 1. The number of fused-ring (bicyclic) bond motifs is 1. The number of rotatable bonds is 4. The lowest BCUT2D eigenvalue weighted by molar-refractivity contribution is -0.0696. The fourth-order valence-electron chi connectivity index (χ4n) is 3.77. The van der Waals surface area contributed by atoms with E-state index in [-0.39, 0.29) is 18.7 Å². The molecular formula is C22H25NO5. The molecule has 1 saturated heterocycles. The molecule has 4 rings (SSSR count). The molecule has 0 aliphatic carbocycles. The Balaban J connectivity index is 1.59. The molecule has 6 heteroatoms. The Morgan fingerprint density at radius 2 is 2.04 bits per heavy atom. The van der Waals surface area contributed by atoms with Crippen molar-refractivity contribution in [1.82, 2.24) is 4.90 Å². The summed E-state index contributed by atoms with van der Waals surface area (Å²) in [6, 6.07) is 11.4. The second-order valence-corrected chi connectivity index (χ2v) is 7.35. The van der Waals surface area contributed by atoms with Crippen molar-refractivity contribution in [3.05, 3.63) is 58.7 Å². The predicted octanol–water partition coefficient (Wildman–Crippen LogP) is 2.54. The molecule has 28 heavy (non-hydrogen) atoms. The molecule has 0 unspecified atom stereocenters. The van der Waals surface area contributed by atoms with Crippen LogP contribution in [0.3, 0.4) is 0 Å². The van der Waals surface area contributed by atoms with Gasteiger partial charge in [0, 0.05) is 6.61 Å². The Bertz CT molecular complexity index is 864. The van der Waals surface area contributed by atoms with Gasteiger partial charge in [0.15, 0.2) is 6.73 Å². The van der Waals surface area contributed by atoms with Crippen LogP contribution in [0.1, 0.15) is 33.5 Å². The largest absolute Gasteiger partial charge is 0.497 e. The Hall–Kier alpha value is -2.57. The monoisotopic (exact) mass is 383 g/mol. The van der Waals surface area contributed by atoms with E-state index in [9.17, 15) is 9.90 Å². The zero-order valence-electron chi connectivity index (χ0n) is 16.2. The smallest absolute Gasteiger partial charge is 0.260 e. The van der Waals surface area contributed by atoms with Crippen LogP contribution in [0.25, 0.3) is 0 Å². The summed E-state index contributed by atoms with van der Waals surface area (Å²) < 4.78 is 16.5. The number of carbonyl (C=O) groups is 1. The summed E-state index contributed by atoms with van der Waals surface area (Å²) in [7, 11) is 1.65. The van der Waals surface area contributed by atoms with Gasteiger partial charge in [0.25, 0.3) is 5.91 Å². The van der Waals surface area contributed by atoms with Gasteiger partial charge in [-0.2, -0.15) is 0 Å². The van der Waals surface area contributed by atoms with Gasteiger partial charge in [0.1, 0.15) is 11.5 Å². The molecule has 0 radical (unpaired) electrons. The second kappa shape index (κ2) is 7.81. The number of methoxy groups -OCH3 is 1. The number of hydrogen-bond acceptors (Lipinski definition) is 5. The number of amides is 1. The predicted molar refractivity (Wildman–Crippen MR) is 104 cm³/mol. The molecule has 2 heterocycles. The summed E-state index contributed by atoms with van der Waals surface area (Å²) in [4.78, 5) is 14.7. The maximum atomic E-state index is 13.1. The van der Waals surface area contributed by atoms with Crippen LogP contribution in [-0.2, 0) is 11.2 Å². The van der Waals surface area contributed by atoms with Gasteiger partial charge in [-0.15, -0.1) is 0 Å². The summed E-state index contributed by atoms with van der Waals surface area (Å²) in [5.74, 6) is 1.30. The van der Waals surface area contributed by atoms with Crippen molar-refractivity contribution in [3.63, 3.8) is 0 Å². The van der Waals surface area contributed by atoms with Crippen molar-refractivity contribution >= 4 is 5.91 Å². The third-order valence-electron chi connectivity index (χ3n) is 5.53. The van der Waals surface area contributed by atoms with Crippen molar-refractivity contribution in [2.45, 2.75) is 31.9 Å². The van der Waals surface area contributed by atoms with Crippen LogP contribution in [0.5, 0.6) is 11.5 Å². The third-order valence-corrected chi connectivity index (χ3v) is 5.53. The highest BCUT2D eigenvalue weighted by Crippen LogP contribution is 2.31. The Kier molecular flexibility index (Phi) is 5.24. The molecule has 0 saturated carbocycles. The Morgan fingerprint density at radius 1 is 1.25 bits per heavy atom. The van der Waals surface area contributed by atoms with E-state index < -0.39 is 6.10 Å². The lowest BCUT2D eigenvalue weighted by atomic mass is 9.96. The minimum atomic E-state index is -0.591. The van der Waals surface area contributed by atoms with E-state index in [0.29, 0.717) is 37.4 Å². The molecule has 148 valence electrons. The number of nitrogens with zero attached hydrogens (tertiary/aromatic N) is 1. The molecule has 1 N–H and O–H groups in total. The Labute approximate surface area is 164 Å². The van der Waals surface area contributed by atoms with Gasteiger partial charge < -0.3 is 19.3 Å². The van der Waals surface area contributed by atoms with Crippen LogP contribution in [0.15, 0.2) is 36.4 Å². The van der Waals surface area contributed by atoms with Crippen LogP contribution in [0.2, 0.25) is 0 Å². The van der Waals surface area contributed by atoms with E-state index in [1.807, 2.05) is 43.3 Å². The summed E-state index contributed by atoms with van der Waals surface area (Å²) in [6.45, 7) is 3.00. The molecule has 2 aliphatic rings. The topological polar surface area (TPSA) is 68.2 Å². The number of benzene rings is 2. The van der Waals surface area contributed by atoms with Crippen molar-refractivity contribution in [2.24, 2.45) is 0 Å². The fourth-order valence-corrected chi connectivity index (χ4v) is 3.77. The molecule has 2 aliphatic heterocycles. The van der Waals surface area contributed by atoms with E-state index in [1.54, 1.807) is 12.0 Å². The van der Waals surface area contributed by atoms with E-state index in [1.165, 1.54) is 0 Å². The molecule has 2 atom stereocenters. The molecule has 0 aromatic heterocycles. The molecule has 0 bridgehead atoms.